The highest BCUT2D eigenvalue weighted by atomic mass is 15.2. The van der Waals surface area contributed by atoms with Crippen LogP contribution in [0.5, 0.6) is 0 Å². The van der Waals surface area contributed by atoms with E-state index in [1.807, 2.05) is 31.3 Å². The molecule has 0 saturated heterocycles. The van der Waals surface area contributed by atoms with Crippen LogP contribution >= 0.6 is 0 Å². The summed E-state index contributed by atoms with van der Waals surface area (Å²) in [6, 6.07) is 2.53. The summed E-state index contributed by atoms with van der Waals surface area (Å²) in [6.07, 6.45) is 5.17. The fourth-order valence-corrected chi connectivity index (χ4v) is 2.12. The Balaban J connectivity index is 2.68. The van der Waals surface area contributed by atoms with Crippen molar-refractivity contribution in [3.05, 3.63) is 18.0 Å². The van der Waals surface area contributed by atoms with Crippen molar-refractivity contribution in [2.75, 3.05) is 25.5 Å². The lowest BCUT2D eigenvalue weighted by molar-refractivity contribution is 0.413. The van der Waals surface area contributed by atoms with Crippen LogP contribution < -0.4 is 10.2 Å². The van der Waals surface area contributed by atoms with Gasteiger partial charge >= 0.3 is 0 Å². The molecular formula is C15H28N4. The molecule has 4 nitrogen and oxygen atoms in total. The Kier molecular flexibility index (Phi) is 6.78. The van der Waals surface area contributed by atoms with Crippen molar-refractivity contribution >= 4 is 5.95 Å². The zero-order valence-corrected chi connectivity index (χ0v) is 13.0. The van der Waals surface area contributed by atoms with E-state index in [0.29, 0.717) is 12.0 Å². The van der Waals surface area contributed by atoms with Gasteiger partial charge in [-0.3, -0.25) is 0 Å². The van der Waals surface area contributed by atoms with Crippen LogP contribution in [0.2, 0.25) is 0 Å². The van der Waals surface area contributed by atoms with Crippen molar-refractivity contribution in [1.29, 1.82) is 0 Å². The van der Waals surface area contributed by atoms with Crippen LogP contribution in [0, 0.1) is 5.92 Å². The Morgan fingerprint density at radius 3 is 2.63 bits per heavy atom. The Bertz CT molecular complexity index is 363. The van der Waals surface area contributed by atoms with Crippen LogP contribution in [0.4, 0.5) is 5.95 Å². The first-order valence-electron chi connectivity index (χ1n) is 7.25. The number of aromatic nitrogens is 2. The molecule has 0 fully saturated rings. The zero-order valence-electron chi connectivity index (χ0n) is 13.0. The van der Waals surface area contributed by atoms with Crippen LogP contribution in [-0.4, -0.2) is 36.6 Å². The molecule has 1 aromatic rings. The molecule has 1 heterocycles. The highest BCUT2D eigenvalue weighted by Gasteiger charge is 2.12. The Labute approximate surface area is 117 Å². The second kappa shape index (κ2) is 8.10. The first-order valence-corrected chi connectivity index (χ1v) is 7.25. The fourth-order valence-electron chi connectivity index (χ4n) is 2.12. The highest BCUT2D eigenvalue weighted by molar-refractivity contribution is 5.27. The molecule has 0 aliphatic heterocycles. The number of anilines is 1. The Morgan fingerprint density at radius 1 is 1.32 bits per heavy atom. The number of hydrogen-bond donors (Lipinski definition) is 1. The summed E-state index contributed by atoms with van der Waals surface area (Å²) in [5.41, 5.74) is 1.12. The van der Waals surface area contributed by atoms with Gasteiger partial charge in [0.1, 0.15) is 0 Å². The monoisotopic (exact) mass is 264 g/mol. The number of rotatable bonds is 8. The topological polar surface area (TPSA) is 41.1 Å². The maximum atomic E-state index is 4.60. The third-order valence-electron chi connectivity index (χ3n) is 3.00. The predicted octanol–water partition coefficient (Wildman–Crippen LogP) is 2.50. The van der Waals surface area contributed by atoms with Gasteiger partial charge in [0.05, 0.1) is 0 Å². The quantitative estimate of drug-likeness (QED) is 0.783. The SMILES string of the molecule is CCCNC(Cc1ccnc(N(C)C)n1)CC(C)C. The predicted molar refractivity (Wildman–Crippen MR) is 81.6 cm³/mol. The van der Waals surface area contributed by atoms with Crippen LogP contribution in [0.15, 0.2) is 12.3 Å². The van der Waals surface area contributed by atoms with E-state index in [-0.39, 0.29) is 0 Å². The summed E-state index contributed by atoms with van der Waals surface area (Å²) >= 11 is 0. The molecule has 1 rings (SSSR count). The van der Waals surface area contributed by atoms with Crippen molar-refractivity contribution in [3.63, 3.8) is 0 Å². The molecule has 0 aromatic carbocycles. The molecule has 0 radical (unpaired) electrons. The summed E-state index contributed by atoms with van der Waals surface area (Å²) in [5, 5.41) is 3.62. The van der Waals surface area contributed by atoms with Crippen molar-refractivity contribution < 1.29 is 0 Å². The summed E-state index contributed by atoms with van der Waals surface area (Å²) in [4.78, 5) is 10.8. The van der Waals surface area contributed by atoms with Gasteiger partial charge in [-0.05, 0) is 31.4 Å². The number of nitrogens with zero attached hydrogens (tertiary/aromatic N) is 3. The van der Waals surface area contributed by atoms with Gasteiger partial charge in [-0.2, -0.15) is 0 Å². The van der Waals surface area contributed by atoms with Crippen molar-refractivity contribution in [1.82, 2.24) is 15.3 Å². The van der Waals surface area contributed by atoms with Gasteiger partial charge in [0.25, 0.3) is 0 Å². The second-order valence-electron chi connectivity index (χ2n) is 5.73. The van der Waals surface area contributed by atoms with Gasteiger partial charge in [-0.25, -0.2) is 9.97 Å². The van der Waals surface area contributed by atoms with Crippen molar-refractivity contribution in [3.8, 4) is 0 Å². The van der Waals surface area contributed by atoms with Gasteiger partial charge in [0.2, 0.25) is 5.95 Å². The molecule has 108 valence electrons. The summed E-state index contributed by atoms with van der Waals surface area (Å²) in [6.45, 7) is 7.81. The molecule has 1 N–H and O–H groups in total. The van der Waals surface area contributed by atoms with Gasteiger partial charge in [-0.15, -0.1) is 0 Å². The first kappa shape index (κ1) is 15.9. The molecule has 0 aliphatic carbocycles. The largest absolute Gasteiger partial charge is 0.347 e. The third kappa shape index (κ3) is 6.01. The van der Waals surface area contributed by atoms with Crippen LogP contribution in [0.25, 0.3) is 0 Å². The minimum Gasteiger partial charge on any atom is -0.347 e. The smallest absolute Gasteiger partial charge is 0.224 e. The molecular weight excluding hydrogens is 236 g/mol. The minimum atomic E-state index is 0.505. The van der Waals surface area contributed by atoms with E-state index in [0.717, 1.165) is 24.6 Å². The lowest BCUT2D eigenvalue weighted by Gasteiger charge is -2.20. The van der Waals surface area contributed by atoms with Crippen LogP contribution in [-0.2, 0) is 6.42 Å². The zero-order chi connectivity index (χ0) is 14.3. The first-order chi connectivity index (χ1) is 9.02. The van der Waals surface area contributed by atoms with E-state index >= 15 is 0 Å². The third-order valence-corrected chi connectivity index (χ3v) is 3.00. The minimum absolute atomic E-state index is 0.505. The second-order valence-corrected chi connectivity index (χ2v) is 5.73. The van der Waals surface area contributed by atoms with Crippen molar-refractivity contribution in [2.24, 2.45) is 5.92 Å². The molecule has 0 bridgehead atoms. The van der Waals surface area contributed by atoms with E-state index in [4.69, 9.17) is 0 Å². The molecule has 0 amide bonds. The molecule has 0 aliphatic rings. The van der Waals surface area contributed by atoms with E-state index in [1.54, 1.807) is 0 Å². The number of hydrogen-bond acceptors (Lipinski definition) is 4. The van der Waals surface area contributed by atoms with Crippen molar-refractivity contribution in [2.45, 2.75) is 46.1 Å². The summed E-state index contributed by atoms with van der Waals surface area (Å²) in [5.74, 6) is 1.49. The Hall–Kier alpha value is -1.16. The van der Waals surface area contributed by atoms with Gasteiger partial charge in [-0.1, -0.05) is 20.8 Å². The van der Waals surface area contributed by atoms with E-state index in [2.05, 4.69) is 36.1 Å². The molecule has 1 atom stereocenters. The van der Waals surface area contributed by atoms with E-state index < -0.39 is 0 Å². The normalized spacial score (nSPS) is 12.7. The van der Waals surface area contributed by atoms with Gasteiger partial charge < -0.3 is 10.2 Å². The molecule has 0 spiro atoms. The number of nitrogens with one attached hydrogen (secondary N) is 1. The van der Waals surface area contributed by atoms with Crippen LogP contribution in [0.1, 0.15) is 39.3 Å². The molecule has 19 heavy (non-hydrogen) atoms. The van der Waals surface area contributed by atoms with Crippen LogP contribution in [0.3, 0.4) is 0 Å². The van der Waals surface area contributed by atoms with Gasteiger partial charge in [0, 0.05) is 38.4 Å². The molecule has 1 unspecified atom stereocenters. The van der Waals surface area contributed by atoms with E-state index in [1.165, 1.54) is 12.8 Å². The average Bonchev–Trinajstić information content (AvgIpc) is 2.35. The maximum Gasteiger partial charge on any atom is 0.224 e. The maximum absolute atomic E-state index is 4.60. The Morgan fingerprint density at radius 2 is 2.05 bits per heavy atom. The highest BCUT2D eigenvalue weighted by Crippen LogP contribution is 2.11. The lowest BCUT2D eigenvalue weighted by atomic mass is 9.99. The van der Waals surface area contributed by atoms with E-state index in [9.17, 15) is 0 Å². The molecule has 0 saturated carbocycles. The summed E-state index contributed by atoms with van der Waals surface area (Å²) < 4.78 is 0. The molecule has 4 heteroatoms. The van der Waals surface area contributed by atoms with Gasteiger partial charge in [0.15, 0.2) is 0 Å². The fraction of sp³-hybridized carbons (Fsp3) is 0.733. The standard InChI is InChI=1S/C15H28N4/c1-6-8-16-14(10-12(2)3)11-13-7-9-17-15(18-13)19(4)5/h7,9,12,14,16H,6,8,10-11H2,1-5H3. The molecule has 1 aromatic heterocycles. The average molecular weight is 264 g/mol. The summed E-state index contributed by atoms with van der Waals surface area (Å²) in [7, 11) is 3.94. The lowest BCUT2D eigenvalue weighted by Crippen LogP contribution is -2.33.